The highest BCUT2D eigenvalue weighted by Gasteiger charge is 2.31. The van der Waals surface area contributed by atoms with E-state index in [2.05, 4.69) is 21.2 Å². The lowest BCUT2D eigenvalue weighted by Gasteiger charge is -2.32. The first-order valence-electron chi connectivity index (χ1n) is 11.5. The molecule has 1 atom stereocenters. The van der Waals surface area contributed by atoms with Gasteiger partial charge in [0.25, 0.3) is 5.91 Å². The van der Waals surface area contributed by atoms with Gasteiger partial charge < -0.3 is 15.0 Å². The first-order valence-corrected chi connectivity index (χ1v) is 12.7. The molecule has 0 heterocycles. The number of hydrogen-bond donors (Lipinski definition) is 1. The molecule has 0 fully saturated rings. The third-order valence-corrected chi connectivity index (χ3v) is 6.60. The Kier molecular flexibility index (Phi) is 9.75. The average molecular weight is 558 g/mol. The Morgan fingerprint density at radius 1 is 1.00 bits per heavy atom. The lowest BCUT2D eigenvalue weighted by atomic mass is 10.0. The zero-order chi connectivity index (χ0) is 25.4. The zero-order valence-corrected chi connectivity index (χ0v) is 22.5. The predicted octanol–water partition coefficient (Wildman–Crippen LogP) is 5.95. The van der Waals surface area contributed by atoms with E-state index in [1.807, 2.05) is 75.4 Å². The molecule has 0 saturated heterocycles. The summed E-state index contributed by atoms with van der Waals surface area (Å²) in [5.41, 5.74) is 2.85. The molecule has 3 rings (SSSR count). The van der Waals surface area contributed by atoms with E-state index < -0.39 is 6.04 Å². The van der Waals surface area contributed by atoms with Gasteiger partial charge in [-0.1, -0.05) is 70.0 Å². The first-order chi connectivity index (χ1) is 16.7. The van der Waals surface area contributed by atoms with Crippen molar-refractivity contribution in [2.75, 3.05) is 6.61 Å². The number of halogens is 2. The molecule has 1 N–H and O–H groups in total. The molecular weight excluding hydrogens is 528 g/mol. The summed E-state index contributed by atoms with van der Waals surface area (Å²) >= 11 is 9.54. The fraction of sp³-hybridized carbons (Fsp3) is 0.286. The van der Waals surface area contributed by atoms with Crippen LogP contribution in [0.15, 0.2) is 77.3 Å². The third kappa shape index (κ3) is 8.11. The van der Waals surface area contributed by atoms with Gasteiger partial charge in [0.1, 0.15) is 11.8 Å². The monoisotopic (exact) mass is 556 g/mol. The Labute approximate surface area is 220 Å². The zero-order valence-electron chi connectivity index (χ0n) is 20.1. The highest BCUT2D eigenvalue weighted by atomic mass is 79.9. The van der Waals surface area contributed by atoms with E-state index in [1.165, 1.54) is 0 Å². The Morgan fingerprint density at radius 3 is 2.31 bits per heavy atom. The number of hydrogen-bond acceptors (Lipinski definition) is 3. The maximum Gasteiger partial charge on any atom is 0.261 e. The van der Waals surface area contributed by atoms with E-state index in [-0.39, 0.29) is 31.0 Å². The van der Waals surface area contributed by atoms with Crippen molar-refractivity contribution in [3.8, 4) is 5.75 Å². The number of nitrogens with one attached hydrogen (secondary N) is 1. The molecule has 0 spiro atoms. The van der Waals surface area contributed by atoms with Crippen LogP contribution >= 0.6 is 27.5 Å². The van der Waals surface area contributed by atoms with Crippen LogP contribution in [0, 0.1) is 6.92 Å². The minimum absolute atomic E-state index is 0.0600. The van der Waals surface area contributed by atoms with Crippen LogP contribution < -0.4 is 10.1 Å². The van der Waals surface area contributed by atoms with Crippen LogP contribution in [-0.4, -0.2) is 35.4 Å². The van der Waals surface area contributed by atoms with Crippen molar-refractivity contribution in [1.29, 1.82) is 0 Å². The number of carbonyl (C=O) groups is 2. The summed E-state index contributed by atoms with van der Waals surface area (Å²) in [5, 5.41) is 3.59. The van der Waals surface area contributed by atoms with Gasteiger partial charge in [-0.2, -0.15) is 0 Å². The lowest BCUT2D eigenvalue weighted by molar-refractivity contribution is -0.143. The van der Waals surface area contributed by atoms with E-state index in [0.29, 0.717) is 17.2 Å². The van der Waals surface area contributed by atoms with Gasteiger partial charge in [0.05, 0.1) is 0 Å². The molecule has 0 saturated carbocycles. The lowest BCUT2D eigenvalue weighted by Crippen LogP contribution is -2.52. The Hall–Kier alpha value is -2.83. The minimum Gasteiger partial charge on any atom is -0.484 e. The van der Waals surface area contributed by atoms with Crippen LogP contribution in [0.4, 0.5) is 0 Å². The molecule has 0 aromatic heterocycles. The molecule has 7 heteroatoms. The van der Waals surface area contributed by atoms with Crippen LogP contribution in [0.1, 0.15) is 30.5 Å². The second-order valence-electron chi connectivity index (χ2n) is 8.72. The number of benzene rings is 3. The number of amides is 2. The van der Waals surface area contributed by atoms with E-state index >= 15 is 0 Å². The van der Waals surface area contributed by atoms with E-state index in [9.17, 15) is 9.59 Å². The number of rotatable bonds is 10. The van der Waals surface area contributed by atoms with Crippen molar-refractivity contribution in [3.63, 3.8) is 0 Å². The Balaban J connectivity index is 1.90. The molecule has 0 aliphatic rings. The maximum absolute atomic E-state index is 13.5. The van der Waals surface area contributed by atoms with E-state index in [0.717, 1.165) is 21.2 Å². The van der Waals surface area contributed by atoms with Gasteiger partial charge in [-0.25, -0.2) is 0 Å². The first kappa shape index (κ1) is 26.8. The topological polar surface area (TPSA) is 58.6 Å². The van der Waals surface area contributed by atoms with Gasteiger partial charge in [-0.05, 0) is 67.8 Å². The SMILES string of the molecule is Cc1cc(OCC(=O)N(Cc2ccc(Cl)cc2)[C@@H](Cc2ccccc2)C(=O)NC(C)C)ccc1Br. The van der Waals surface area contributed by atoms with Crippen molar-refractivity contribution in [2.45, 2.75) is 45.8 Å². The molecule has 0 radical (unpaired) electrons. The highest BCUT2D eigenvalue weighted by Crippen LogP contribution is 2.22. The number of nitrogens with zero attached hydrogens (tertiary/aromatic N) is 1. The van der Waals surface area contributed by atoms with Gasteiger partial charge in [0.15, 0.2) is 6.61 Å². The van der Waals surface area contributed by atoms with Crippen molar-refractivity contribution >= 4 is 39.3 Å². The summed E-state index contributed by atoms with van der Waals surface area (Å²) in [5.74, 6) is 0.114. The molecule has 5 nitrogen and oxygen atoms in total. The summed E-state index contributed by atoms with van der Waals surface area (Å²) in [6.45, 7) is 5.83. The predicted molar refractivity (Wildman–Crippen MR) is 144 cm³/mol. The normalized spacial score (nSPS) is 11.7. The minimum atomic E-state index is -0.710. The molecule has 0 unspecified atom stereocenters. The van der Waals surface area contributed by atoms with Crippen molar-refractivity contribution in [1.82, 2.24) is 10.2 Å². The van der Waals surface area contributed by atoms with Gasteiger partial charge in [-0.3, -0.25) is 9.59 Å². The van der Waals surface area contributed by atoms with Crippen LogP contribution in [0.2, 0.25) is 5.02 Å². The van der Waals surface area contributed by atoms with Crippen LogP contribution in [0.3, 0.4) is 0 Å². The number of carbonyl (C=O) groups excluding carboxylic acids is 2. The largest absolute Gasteiger partial charge is 0.484 e. The second kappa shape index (κ2) is 12.8. The molecule has 3 aromatic carbocycles. The fourth-order valence-electron chi connectivity index (χ4n) is 3.66. The number of ether oxygens (including phenoxy) is 1. The van der Waals surface area contributed by atoms with Gasteiger partial charge >= 0.3 is 0 Å². The van der Waals surface area contributed by atoms with Crippen molar-refractivity contribution in [3.05, 3.63) is 99.0 Å². The highest BCUT2D eigenvalue weighted by molar-refractivity contribution is 9.10. The van der Waals surface area contributed by atoms with Crippen LogP contribution in [0.5, 0.6) is 5.75 Å². The molecule has 0 aliphatic heterocycles. The summed E-state index contributed by atoms with van der Waals surface area (Å²) in [4.78, 5) is 28.5. The Morgan fingerprint density at radius 2 is 1.69 bits per heavy atom. The van der Waals surface area contributed by atoms with E-state index in [4.69, 9.17) is 16.3 Å². The third-order valence-electron chi connectivity index (χ3n) is 5.46. The molecule has 184 valence electrons. The maximum atomic E-state index is 13.5. The molecule has 0 aliphatic carbocycles. The molecule has 0 bridgehead atoms. The van der Waals surface area contributed by atoms with Gasteiger partial charge in [0.2, 0.25) is 5.91 Å². The average Bonchev–Trinajstić information content (AvgIpc) is 2.83. The van der Waals surface area contributed by atoms with Gasteiger partial charge in [0, 0.05) is 28.5 Å². The standard InChI is InChI=1S/C28H30BrClN2O3/c1-19(2)31-28(34)26(16-21-7-5-4-6-8-21)32(17-22-9-11-23(30)12-10-22)27(33)18-35-24-13-14-25(29)20(3)15-24/h4-15,19,26H,16-18H2,1-3H3,(H,31,34)/t26-/m0/s1. The molecule has 35 heavy (non-hydrogen) atoms. The molecule has 2 amide bonds. The summed E-state index contributed by atoms with van der Waals surface area (Å²) in [6.07, 6.45) is 0.385. The van der Waals surface area contributed by atoms with E-state index in [1.54, 1.807) is 23.1 Å². The molecule has 3 aromatic rings. The summed E-state index contributed by atoms with van der Waals surface area (Å²) in [7, 11) is 0. The smallest absolute Gasteiger partial charge is 0.261 e. The number of aryl methyl sites for hydroxylation is 1. The second-order valence-corrected chi connectivity index (χ2v) is 10.0. The van der Waals surface area contributed by atoms with Crippen LogP contribution in [0.25, 0.3) is 0 Å². The fourth-order valence-corrected chi connectivity index (χ4v) is 4.03. The molecular formula is C28H30BrClN2O3. The van der Waals surface area contributed by atoms with Crippen LogP contribution in [-0.2, 0) is 22.6 Å². The summed E-state index contributed by atoms with van der Waals surface area (Å²) in [6, 6.07) is 21.8. The van der Waals surface area contributed by atoms with Gasteiger partial charge in [-0.15, -0.1) is 0 Å². The van der Waals surface area contributed by atoms with Crippen molar-refractivity contribution < 1.29 is 14.3 Å². The quantitative estimate of drug-likeness (QED) is 0.335. The van der Waals surface area contributed by atoms with Crippen molar-refractivity contribution in [2.24, 2.45) is 0 Å². The Bertz CT molecular complexity index is 1140. The summed E-state index contributed by atoms with van der Waals surface area (Å²) < 4.78 is 6.80.